The molecule has 94 valence electrons. The molecule has 0 atom stereocenters. The third kappa shape index (κ3) is 4.16. The lowest BCUT2D eigenvalue weighted by molar-refractivity contribution is 0.233. The van der Waals surface area contributed by atoms with Crippen molar-refractivity contribution in [2.24, 2.45) is 0 Å². The number of pyridine rings is 1. The van der Waals surface area contributed by atoms with Crippen LogP contribution >= 0.6 is 23.4 Å². The Bertz CT molecular complexity index is 351. The summed E-state index contributed by atoms with van der Waals surface area (Å²) in [7, 11) is 0. The highest BCUT2D eigenvalue weighted by molar-refractivity contribution is 7.99. The van der Waals surface area contributed by atoms with E-state index in [-0.39, 0.29) is 0 Å². The van der Waals surface area contributed by atoms with Crippen molar-refractivity contribution in [3.63, 3.8) is 0 Å². The highest BCUT2D eigenvalue weighted by Crippen LogP contribution is 2.29. The molecule has 1 saturated heterocycles. The van der Waals surface area contributed by atoms with Crippen molar-refractivity contribution >= 4 is 23.4 Å². The minimum Gasteiger partial charge on any atom is -0.303 e. The standard InChI is InChI=1S/C13H19ClN2S/c1-2-8-16-9-6-11(7-10-16)17-13-5-3-4-12(14)15-13/h3-5,11H,2,6-10H2,1H3. The van der Waals surface area contributed by atoms with Gasteiger partial charge in [0.2, 0.25) is 0 Å². The molecule has 2 nitrogen and oxygen atoms in total. The molecule has 1 aliphatic rings. The van der Waals surface area contributed by atoms with Gasteiger partial charge in [-0.15, -0.1) is 11.8 Å². The van der Waals surface area contributed by atoms with Crippen LogP contribution in [-0.4, -0.2) is 34.8 Å². The Labute approximate surface area is 113 Å². The molecule has 1 aromatic rings. The molecule has 1 fully saturated rings. The second-order valence-electron chi connectivity index (χ2n) is 4.46. The van der Waals surface area contributed by atoms with Gasteiger partial charge in [0.1, 0.15) is 5.15 Å². The lowest BCUT2D eigenvalue weighted by atomic mass is 10.1. The molecule has 0 saturated carbocycles. The summed E-state index contributed by atoms with van der Waals surface area (Å²) in [5.41, 5.74) is 0. The Morgan fingerprint density at radius 1 is 1.41 bits per heavy atom. The van der Waals surface area contributed by atoms with E-state index < -0.39 is 0 Å². The van der Waals surface area contributed by atoms with E-state index in [0.29, 0.717) is 10.4 Å². The van der Waals surface area contributed by atoms with Crippen molar-refractivity contribution < 1.29 is 0 Å². The molecule has 2 heterocycles. The molecule has 0 aromatic carbocycles. The fourth-order valence-electron chi connectivity index (χ4n) is 2.19. The van der Waals surface area contributed by atoms with Crippen molar-refractivity contribution in [2.45, 2.75) is 36.5 Å². The van der Waals surface area contributed by atoms with Gasteiger partial charge in [0.05, 0.1) is 5.03 Å². The largest absolute Gasteiger partial charge is 0.303 e. The highest BCUT2D eigenvalue weighted by atomic mass is 35.5. The van der Waals surface area contributed by atoms with Gasteiger partial charge in [-0.05, 0) is 51.0 Å². The molecule has 2 rings (SSSR count). The number of aromatic nitrogens is 1. The van der Waals surface area contributed by atoms with Crippen LogP contribution in [0.5, 0.6) is 0 Å². The fraction of sp³-hybridized carbons (Fsp3) is 0.615. The van der Waals surface area contributed by atoms with Crippen LogP contribution in [0.15, 0.2) is 23.2 Å². The molecule has 17 heavy (non-hydrogen) atoms. The quantitative estimate of drug-likeness (QED) is 0.776. The van der Waals surface area contributed by atoms with E-state index >= 15 is 0 Å². The van der Waals surface area contributed by atoms with Crippen LogP contribution in [0.2, 0.25) is 5.15 Å². The molecular formula is C13H19ClN2S. The van der Waals surface area contributed by atoms with Crippen LogP contribution in [-0.2, 0) is 0 Å². The molecule has 0 aliphatic carbocycles. The summed E-state index contributed by atoms with van der Waals surface area (Å²) < 4.78 is 0. The maximum absolute atomic E-state index is 5.89. The SMILES string of the molecule is CCCN1CCC(Sc2cccc(Cl)n2)CC1. The van der Waals surface area contributed by atoms with Gasteiger partial charge >= 0.3 is 0 Å². The minimum atomic E-state index is 0.596. The lowest BCUT2D eigenvalue weighted by Gasteiger charge is -2.31. The summed E-state index contributed by atoms with van der Waals surface area (Å²) in [5, 5.41) is 2.36. The van der Waals surface area contributed by atoms with Gasteiger partial charge in [-0.2, -0.15) is 0 Å². The van der Waals surface area contributed by atoms with Gasteiger partial charge in [0.15, 0.2) is 0 Å². The molecular weight excluding hydrogens is 252 g/mol. The molecule has 0 N–H and O–H groups in total. The van der Waals surface area contributed by atoms with Crippen molar-refractivity contribution in [3.05, 3.63) is 23.4 Å². The van der Waals surface area contributed by atoms with Gasteiger partial charge < -0.3 is 4.90 Å². The second-order valence-corrected chi connectivity index (χ2v) is 6.17. The molecule has 1 aromatic heterocycles. The number of nitrogens with zero attached hydrogens (tertiary/aromatic N) is 2. The third-order valence-electron chi connectivity index (χ3n) is 3.05. The molecule has 0 radical (unpaired) electrons. The summed E-state index contributed by atoms with van der Waals surface area (Å²) in [5.74, 6) is 0. The summed E-state index contributed by atoms with van der Waals surface area (Å²) in [6.45, 7) is 5.95. The smallest absolute Gasteiger partial charge is 0.130 e. The van der Waals surface area contributed by atoms with Crippen LogP contribution in [0.4, 0.5) is 0 Å². The van der Waals surface area contributed by atoms with E-state index in [4.69, 9.17) is 11.6 Å². The zero-order valence-electron chi connectivity index (χ0n) is 10.2. The molecule has 0 unspecified atom stereocenters. The Hall–Kier alpha value is -0.250. The zero-order valence-corrected chi connectivity index (χ0v) is 11.8. The molecule has 1 aliphatic heterocycles. The van der Waals surface area contributed by atoms with Gasteiger partial charge in [-0.1, -0.05) is 24.6 Å². The Kier molecular flexibility index (Phi) is 5.14. The summed E-state index contributed by atoms with van der Waals surface area (Å²) in [6.07, 6.45) is 3.78. The molecule has 4 heteroatoms. The van der Waals surface area contributed by atoms with E-state index in [0.717, 1.165) is 5.03 Å². The van der Waals surface area contributed by atoms with Crippen LogP contribution in [0.1, 0.15) is 26.2 Å². The summed E-state index contributed by atoms with van der Waals surface area (Å²) in [4.78, 5) is 6.90. The summed E-state index contributed by atoms with van der Waals surface area (Å²) in [6, 6.07) is 5.86. The van der Waals surface area contributed by atoms with Crippen LogP contribution in [0.25, 0.3) is 0 Å². The average Bonchev–Trinajstić information content (AvgIpc) is 2.32. The first-order chi connectivity index (χ1) is 8.28. The predicted octanol–water partition coefficient (Wildman–Crippen LogP) is 3.70. The molecule has 0 amide bonds. The van der Waals surface area contributed by atoms with E-state index in [9.17, 15) is 0 Å². The van der Waals surface area contributed by atoms with Gasteiger partial charge in [-0.25, -0.2) is 4.98 Å². The number of halogens is 1. The normalized spacial score (nSPS) is 18.5. The van der Waals surface area contributed by atoms with E-state index in [2.05, 4.69) is 22.9 Å². The van der Waals surface area contributed by atoms with Crippen LogP contribution < -0.4 is 0 Å². The van der Waals surface area contributed by atoms with E-state index in [1.54, 1.807) is 0 Å². The maximum Gasteiger partial charge on any atom is 0.130 e. The average molecular weight is 271 g/mol. The third-order valence-corrected chi connectivity index (χ3v) is 4.54. The number of hydrogen-bond acceptors (Lipinski definition) is 3. The monoisotopic (exact) mass is 270 g/mol. The van der Waals surface area contributed by atoms with Crippen LogP contribution in [0, 0.1) is 0 Å². The fourth-order valence-corrected chi connectivity index (χ4v) is 3.50. The number of thioether (sulfide) groups is 1. The number of rotatable bonds is 4. The Morgan fingerprint density at radius 2 is 2.18 bits per heavy atom. The van der Waals surface area contributed by atoms with Crippen molar-refractivity contribution in [3.8, 4) is 0 Å². The number of hydrogen-bond donors (Lipinski definition) is 0. The van der Waals surface area contributed by atoms with Crippen molar-refractivity contribution in [1.82, 2.24) is 9.88 Å². The minimum absolute atomic E-state index is 0.596. The maximum atomic E-state index is 5.89. The van der Waals surface area contributed by atoms with E-state index in [1.165, 1.54) is 38.9 Å². The number of likely N-dealkylation sites (tertiary alicyclic amines) is 1. The Morgan fingerprint density at radius 3 is 2.82 bits per heavy atom. The Balaban J connectivity index is 1.82. The van der Waals surface area contributed by atoms with E-state index in [1.807, 2.05) is 23.9 Å². The van der Waals surface area contributed by atoms with Crippen molar-refractivity contribution in [2.75, 3.05) is 19.6 Å². The first kappa shape index (κ1) is 13.2. The van der Waals surface area contributed by atoms with Crippen molar-refractivity contribution in [1.29, 1.82) is 0 Å². The first-order valence-corrected chi connectivity index (χ1v) is 7.55. The topological polar surface area (TPSA) is 16.1 Å². The number of piperidine rings is 1. The van der Waals surface area contributed by atoms with Gasteiger partial charge in [-0.3, -0.25) is 0 Å². The summed E-state index contributed by atoms with van der Waals surface area (Å²) >= 11 is 7.77. The molecule has 0 bridgehead atoms. The van der Waals surface area contributed by atoms with Crippen LogP contribution in [0.3, 0.4) is 0 Å². The highest BCUT2D eigenvalue weighted by Gasteiger charge is 2.19. The predicted molar refractivity (Wildman–Crippen MR) is 74.9 cm³/mol. The molecule has 0 spiro atoms. The second kappa shape index (κ2) is 6.62. The zero-order chi connectivity index (χ0) is 12.1. The first-order valence-electron chi connectivity index (χ1n) is 6.29. The lowest BCUT2D eigenvalue weighted by Crippen LogP contribution is -2.35. The van der Waals surface area contributed by atoms with Gasteiger partial charge in [0.25, 0.3) is 0 Å². The van der Waals surface area contributed by atoms with Gasteiger partial charge in [0, 0.05) is 5.25 Å².